The second kappa shape index (κ2) is 8.48. The molecule has 0 aromatic heterocycles. The van der Waals surface area contributed by atoms with Crippen LogP contribution in [0.2, 0.25) is 0 Å². The minimum atomic E-state index is 0.272. The molecule has 0 saturated carbocycles. The van der Waals surface area contributed by atoms with Crippen molar-refractivity contribution in [1.82, 2.24) is 4.90 Å². The normalized spacial score (nSPS) is 17.1. The fourth-order valence-electron chi connectivity index (χ4n) is 2.21. The Morgan fingerprint density at radius 1 is 1.29 bits per heavy atom. The zero-order valence-electron chi connectivity index (χ0n) is 11.0. The van der Waals surface area contributed by atoms with Crippen molar-refractivity contribution in [3.63, 3.8) is 0 Å². The van der Waals surface area contributed by atoms with Crippen molar-refractivity contribution >= 4 is 5.91 Å². The molecule has 0 radical (unpaired) electrons. The molecule has 1 aliphatic heterocycles. The molecule has 0 aliphatic carbocycles. The Bertz CT molecular complexity index is 215. The average Bonchev–Trinajstić information content (AvgIpc) is 2.35. The Morgan fingerprint density at radius 2 is 2.00 bits per heavy atom. The van der Waals surface area contributed by atoms with Gasteiger partial charge in [-0.15, -0.1) is 0 Å². The first-order valence-corrected chi connectivity index (χ1v) is 6.76. The van der Waals surface area contributed by atoms with Crippen LogP contribution in [0.25, 0.3) is 0 Å². The molecule has 100 valence electrons. The summed E-state index contributed by atoms with van der Waals surface area (Å²) in [6, 6.07) is 0. The lowest BCUT2D eigenvalue weighted by molar-refractivity contribution is -0.131. The lowest BCUT2D eigenvalue weighted by Gasteiger charge is -2.27. The predicted octanol–water partition coefficient (Wildman–Crippen LogP) is 1.39. The number of ether oxygens (including phenoxy) is 1. The van der Waals surface area contributed by atoms with Gasteiger partial charge in [-0.25, -0.2) is 0 Å². The Balaban J connectivity index is 2.12. The van der Waals surface area contributed by atoms with Gasteiger partial charge in [-0.3, -0.25) is 4.79 Å². The van der Waals surface area contributed by atoms with Crippen LogP contribution >= 0.6 is 0 Å². The van der Waals surface area contributed by atoms with Gasteiger partial charge in [0, 0.05) is 33.2 Å². The molecule has 0 aromatic rings. The van der Waals surface area contributed by atoms with Gasteiger partial charge in [0.2, 0.25) is 5.91 Å². The van der Waals surface area contributed by atoms with E-state index in [9.17, 15) is 4.79 Å². The topological polar surface area (TPSA) is 55.6 Å². The van der Waals surface area contributed by atoms with Crippen LogP contribution in [0.3, 0.4) is 0 Å². The molecular formula is C13H26N2O2. The highest BCUT2D eigenvalue weighted by Gasteiger charge is 2.18. The van der Waals surface area contributed by atoms with Crippen molar-refractivity contribution in [1.29, 1.82) is 0 Å². The van der Waals surface area contributed by atoms with Gasteiger partial charge in [-0.05, 0) is 38.1 Å². The molecule has 0 spiro atoms. The number of nitrogens with two attached hydrogens (primary N) is 1. The number of rotatable bonds is 7. The molecule has 1 saturated heterocycles. The third-order valence-electron chi connectivity index (χ3n) is 3.39. The fourth-order valence-corrected chi connectivity index (χ4v) is 2.21. The van der Waals surface area contributed by atoms with E-state index in [1.54, 1.807) is 0 Å². The highest BCUT2D eigenvalue weighted by molar-refractivity contribution is 5.75. The second-order valence-corrected chi connectivity index (χ2v) is 4.93. The smallest absolute Gasteiger partial charge is 0.222 e. The molecule has 1 heterocycles. The first kappa shape index (κ1) is 14.5. The highest BCUT2D eigenvalue weighted by Crippen LogP contribution is 2.16. The zero-order chi connectivity index (χ0) is 12.5. The predicted molar refractivity (Wildman–Crippen MR) is 68.7 cm³/mol. The molecule has 0 bridgehead atoms. The molecule has 1 aliphatic rings. The van der Waals surface area contributed by atoms with Crippen LogP contribution < -0.4 is 5.73 Å². The summed E-state index contributed by atoms with van der Waals surface area (Å²) in [5.41, 5.74) is 5.42. The SMILES string of the molecule is CN(CC1CCOCC1)C(=O)CCCCCN. The van der Waals surface area contributed by atoms with E-state index < -0.39 is 0 Å². The first-order valence-electron chi connectivity index (χ1n) is 6.76. The number of carbonyl (C=O) groups excluding carboxylic acids is 1. The maximum Gasteiger partial charge on any atom is 0.222 e. The zero-order valence-corrected chi connectivity index (χ0v) is 11.0. The van der Waals surface area contributed by atoms with E-state index in [1.807, 2.05) is 11.9 Å². The third-order valence-corrected chi connectivity index (χ3v) is 3.39. The largest absolute Gasteiger partial charge is 0.381 e. The van der Waals surface area contributed by atoms with Gasteiger partial charge in [0.1, 0.15) is 0 Å². The molecular weight excluding hydrogens is 216 g/mol. The van der Waals surface area contributed by atoms with Crippen molar-refractivity contribution in [2.24, 2.45) is 11.7 Å². The summed E-state index contributed by atoms with van der Waals surface area (Å²) < 4.78 is 5.32. The molecule has 1 rings (SSSR count). The van der Waals surface area contributed by atoms with E-state index in [2.05, 4.69) is 0 Å². The van der Waals surface area contributed by atoms with Crippen LogP contribution in [0.5, 0.6) is 0 Å². The van der Waals surface area contributed by atoms with Crippen molar-refractivity contribution in [2.75, 3.05) is 33.4 Å². The van der Waals surface area contributed by atoms with Gasteiger partial charge in [-0.1, -0.05) is 6.42 Å². The average molecular weight is 242 g/mol. The van der Waals surface area contributed by atoms with Crippen molar-refractivity contribution in [2.45, 2.75) is 38.5 Å². The standard InChI is InChI=1S/C13H26N2O2/c1-15(11-12-6-9-17-10-7-12)13(16)5-3-2-4-8-14/h12H,2-11,14H2,1H3. The van der Waals surface area contributed by atoms with Gasteiger partial charge in [0.15, 0.2) is 0 Å². The highest BCUT2D eigenvalue weighted by atomic mass is 16.5. The molecule has 1 fully saturated rings. The van der Waals surface area contributed by atoms with Crippen molar-refractivity contribution in [3.8, 4) is 0 Å². The molecule has 0 atom stereocenters. The van der Waals surface area contributed by atoms with Crippen LogP contribution in [0, 0.1) is 5.92 Å². The maximum atomic E-state index is 11.8. The van der Waals surface area contributed by atoms with Gasteiger partial charge in [0.05, 0.1) is 0 Å². The summed E-state index contributed by atoms with van der Waals surface area (Å²) in [4.78, 5) is 13.7. The summed E-state index contributed by atoms with van der Waals surface area (Å²) in [5.74, 6) is 0.898. The van der Waals surface area contributed by atoms with Gasteiger partial charge < -0.3 is 15.4 Å². The van der Waals surface area contributed by atoms with E-state index in [-0.39, 0.29) is 5.91 Å². The summed E-state index contributed by atoms with van der Waals surface area (Å²) in [6.45, 7) is 3.32. The maximum absolute atomic E-state index is 11.8. The van der Waals surface area contributed by atoms with Gasteiger partial charge in [-0.2, -0.15) is 0 Å². The van der Waals surface area contributed by atoms with E-state index in [4.69, 9.17) is 10.5 Å². The van der Waals surface area contributed by atoms with Crippen molar-refractivity contribution in [3.05, 3.63) is 0 Å². The van der Waals surface area contributed by atoms with E-state index in [0.29, 0.717) is 12.3 Å². The Hall–Kier alpha value is -0.610. The monoisotopic (exact) mass is 242 g/mol. The summed E-state index contributed by atoms with van der Waals surface area (Å²) >= 11 is 0. The van der Waals surface area contributed by atoms with Crippen LogP contribution in [0.1, 0.15) is 38.5 Å². The number of amides is 1. The molecule has 4 heteroatoms. The number of hydrogen-bond donors (Lipinski definition) is 1. The summed E-state index contributed by atoms with van der Waals surface area (Å²) in [6.07, 6.45) is 5.90. The lowest BCUT2D eigenvalue weighted by Crippen LogP contribution is -2.34. The first-order chi connectivity index (χ1) is 8.24. The van der Waals surface area contributed by atoms with Crippen LogP contribution in [0.15, 0.2) is 0 Å². The Labute approximate surface area is 104 Å². The van der Waals surface area contributed by atoms with E-state index in [0.717, 1.165) is 58.4 Å². The third kappa shape index (κ3) is 6.03. The number of carbonyl (C=O) groups is 1. The van der Waals surface area contributed by atoms with Crippen LogP contribution in [0.4, 0.5) is 0 Å². The molecule has 0 aromatic carbocycles. The van der Waals surface area contributed by atoms with Crippen LogP contribution in [-0.4, -0.2) is 44.2 Å². The van der Waals surface area contributed by atoms with Gasteiger partial charge >= 0.3 is 0 Å². The van der Waals surface area contributed by atoms with Gasteiger partial charge in [0.25, 0.3) is 0 Å². The number of nitrogens with zero attached hydrogens (tertiary/aromatic N) is 1. The quantitative estimate of drug-likeness (QED) is 0.686. The summed E-state index contributed by atoms with van der Waals surface area (Å²) in [7, 11) is 1.92. The molecule has 4 nitrogen and oxygen atoms in total. The van der Waals surface area contributed by atoms with E-state index >= 15 is 0 Å². The second-order valence-electron chi connectivity index (χ2n) is 4.93. The molecule has 17 heavy (non-hydrogen) atoms. The number of hydrogen-bond acceptors (Lipinski definition) is 3. The minimum absolute atomic E-state index is 0.272. The van der Waals surface area contributed by atoms with Crippen molar-refractivity contribution < 1.29 is 9.53 Å². The number of unbranched alkanes of at least 4 members (excludes halogenated alkanes) is 2. The summed E-state index contributed by atoms with van der Waals surface area (Å²) in [5, 5.41) is 0. The van der Waals surface area contributed by atoms with E-state index in [1.165, 1.54) is 0 Å². The molecule has 2 N–H and O–H groups in total. The Kier molecular flexibility index (Phi) is 7.21. The Morgan fingerprint density at radius 3 is 2.65 bits per heavy atom. The fraction of sp³-hybridized carbons (Fsp3) is 0.923. The lowest BCUT2D eigenvalue weighted by atomic mass is 10.00. The molecule has 0 unspecified atom stereocenters. The minimum Gasteiger partial charge on any atom is -0.381 e. The van der Waals surface area contributed by atoms with Crippen LogP contribution in [-0.2, 0) is 9.53 Å². The molecule has 1 amide bonds.